The molecule has 0 bridgehead atoms. The van der Waals surface area contributed by atoms with Crippen LogP contribution in [-0.2, 0) is 6.54 Å². The molecule has 1 aromatic heterocycles. The summed E-state index contributed by atoms with van der Waals surface area (Å²) in [6.07, 6.45) is 4.10. The Morgan fingerprint density at radius 2 is 2.00 bits per heavy atom. The number of rotatable bonds is 5. The molecule has 1 fully saturated rings. The van der Waals surface area contributed by atoms with E-state index in [1.165, 1.54) is 7.11 Å². The molecular formula is C13H20FN3O. The fourth-order valence-electron chi connectivity index (χ4n) is 2.52. The second-order valence-corrected chi connectivity index (χ2v) is 5.47. The summed E-state index contributed by atoms with van der Waals surface area (Å²) in [5.41, 5.74) is -0.0102. The van der Waals surface area contributed by atoms with Gasteiger partial charge in [0.2, 0.25) is 0 Å². The maximum atomic E-state index is 14.1. The summed E-state index contributed by atoms with van der Waals surface area (Å²) in [5, 5.41) is 0. The smallest absolute Gasteiger partial charge is 0.316 e. The lowest BCUT2D eigenvalue weighted by molar-refractivity contribution is -0.0503. The van der Waals surface area contributed by atoms with Crippen LogP contribution in [-0.4, -0.2) is 40.7 Å². The van der Waals surface area contributed by atoms with Crippen LogP contribution >= 0.6 is 0 Å². The molecule has 0 N–H and O–H groups in total. The predicted molar refractivity (Wildman–Crippen MR) is 67.2 cm³/mol. The zero-order chi connectivity index (χ0) is 13.2. The molecule has 0 aliphatic carbocycles. The number of hydrogen-bond acceptors (Lipinski definition) is 4. The van der Waals surface area contributed by atoms with Gasteiger partial charge in [0.1, 0.15) is 5.67 Å². The molecule has 1 aliphatic heterocycles. The van der Waals surface area contributed by atoms with Crippen LogP contribution in [0.2, 0.25) is 0 Å². The van der Waals surface area contributed by atoms with Crippen LogP contribution in [0.25, 0.3) is 0 Å². The van der Waals surface area contributed by atoms with Crippen molar-refractivity contribution in [2.24, 2.45) is 5.92 Å². The van der Waals surface area contributed by atoms with Gasteiger partial charge in [-0.2, -0.15) is 0 Å². The summed E-state index contributed by atoms with van der Waals surface area (Å²) in [6, 6.07) is 0.363. The van der Waals surface area contributed by atoms with E-state index in [4.69, 9.17) is 4.74 Å². The van der Waals surface area contributed by atoms with Crippen molar-refractivity contribution in [2.75, 3.05) is 20.2 Å². The molecule has 100 valence electrons. The first-order valence-corrected chi connectivity index (χ1v) is 6.27. The van der Waals surface area contributed by atoms with Crippen LogP contribution in [0.5, 0.6) is 6.01 Å². The lowest BCUT2D eigenvalue weighted by Crippen LogP contribution is -2.58. The molecule has 18 heavy (non-hydrogen) atoms. The molecule has 4 nitrogen and oxygen atoms in total. The maximum absolute atomic E-state index is 14.1. The van der Waals surface area contributed by atoms with E-state index in [9.17, 15) is 4.39 Å². The quantitative estimate of drug-likeness (QED) is 0.805. The third kappa shape index (κ3) is 3.16. The van der Waals surface area contributed by atoms with Gasteiger partial charge in [-0.15, -0.1) is 0 Å². The molecule has 0 atom stereocenters. The summed E-state index contributed by atoms with van der Waals surface area (Å²) in [6.45, 7) is 5.84. The predicted octanol–water partition coefficient (Wildman–Crippen LogP) is 2.06. The van der Waals surface area contributed by atoms with E-state index >= 15 is 0 Å². The molecule has 0 saturated carbocycles. The highest BCUT2D eigenvalue weighted by Gasteiger charge is 2.43. The summed E-state index contributed by atoms with van der Waals surface area (Å²) >= 11 is 0. The second-order valence-electron chi connectivity index (χ2n) is 5.47. The minimum absolute atomic E-state index is 0.363. The van der Waals surface area contributed by atoms with Gasteiger partial charge in [0, 0.05) is 37.6 Å². The van der Waals surface area contributed by atoms with Crippen molar-refractivity contribution >= 4 is 0 Å². The highest BCUT2D eigenvalue weighted by atomic mass is 19.1. The lowest BCUT2D eigenvalue weighted by atomic mass is 9.87. The first-order valence-electron chi connectivity index (χ1n) is 6.27. The van der Waals surface area contributed by atoms with E-state index in [2.05, 4.69) is 28.7 Å². The van der Waals surface area contributed by atoms with Gasteiger partial charge in [0.15, 0.2) is 0 Å². The van der Waals surface area contributed by atoms with Crippen LogP contribution in [0.4, 0.5) is 4.39 Å². The van der Waals surface area contributed by atoms with E-state index in [0.29, 0.717) is 38.0 Å². The number of ether oxygens (including phenoxy) is 1. The fourth-order valence-corrected chi connectivity index (χ4v) is 2.52. The third-order valence-electron chi connectivity index (χ3n) is 3.06. The summed E-state index contributed by atoms with van der Waals surface area (Å²) in [7, 11) is 1.54. The number of likely N-dealkylation sites (tertiary alicyclic amines) is 1. The molecule has 0 unspecified atom stereocenters. The molecular weight excluding hydrogens is 233 g/mol. The van der Waals surface area contributed by atoms with Crippen molar-refractivity contribution in [1.82, 2.24) is 14.9 Å². The van der Waals surface area contributed by atoms with E-state index in [0.717, 1.165) is 5.56 Å². The van der Waals surface area contributed by atoms with Crippen LogP contribution in [0, 0.1) is 5.92 Å². The van der Waals surface area contributed by atoms with Gasteiger partial charge in [0.25, 0.3) is 0 Å². The standard InChI is InChI=1S/C13H20FN3O/c1-10(2)4-13(14)8-17(9-13)7-11-5-15-12(18-3)16-6-11/h5-6,10H,4,7-9H2,1-3H3. The zero-order valence-electron chi connectivity index (χ0n) is 11.2. The summed E-state index contributed by atoms with van der Waals surface area (Å²) < 4.78 is 19.0. The Kier molecular flexibility index (Phi) is 3.80. The Morgan fingerprint density at radius 3 is 2.50 bits per heavy atom. The van der Waals surface area contributed by atoms with E-state index in [-0.39, 0.29) is 0 Å². The molecule has 2 rings (SSSR count). The zero-order valence-corrected chi connectivity index (χ0v) is 11.2. The van der Waals surface area contributed by atoms with Gasteiger partial charge in [-0.3, -0.25) is 4.90 Å². The Bertz CT molecular complexity index is 388. The molecule has 0 aromatic carbocycles. The minimum Gasteiger partial charge on any atom is -0.467 e. The molecule has 1 saturated heterocycles. The molecule has 0 radical (unpaired) electrons. The van der Waals surface area contributed by atoms with Crippen LogP contribution in [0.3, 0.4) is 0 Å². The van der Waals surface area contributed by atoms with Crippen molar-refractivity contribution in [3.63, 3.8) is 0 Å². The molecule has 1 aliphatic rings. The molecule has 0 spiro atoms. The minimum atomic E-state index is -0.999. The van der Waals surface area contributed by atoms with Gasteiger partial charge in [-0.1, -0.05) is 13.8 Å². The monoisotopic (exact) mass is 253 g/mol. The first kappa shape index (κ1) is 13.2. The number of alkyl halides is 1. The Hall–Kier alpha value is -1.23. The average molecular weight is 253 g/mol. The van der Waals surface area contributed by atoms with Gasteiger partial charge < -0.3 is 4.74 Å². The van der Waals surface area contributed by atoms with E-state index in [1.807, 2.05) is 0 Å². The summed E-state index contributed by atoms with van der Waals surface area (Å²) in [4.78, 5) is 10.2. The fraction of sp³-hybridized carbons (Fsp3) is 0.692. The Labute approximate surface area is 107 Å². The van der Waals surface area contributed by atoms with E-state index < -0.39 is 5.67 Å². The van der Waals surface area contributed by atoms with Crippen molar-refractivity contribution in [2.45, 2.75) is 32.5 Å². The lowest BCUT2D eigenvalue weighted by Gasteiger charge is -2.45. The van der Waals surface area contributed by atoms with E-state index in [1.54, 1.807) is 12.4 Å². The van der Waals surface area contributed by atoms with Crippen molar-refractivity contribution in [3.8, 4) is 6.01 Å². The van der Waals surface area contributed by atoms with Gasteiger partial charge in [0.05, 0.1) is 7.11 Å². The highest BCUT2D eigenvalue weighted by Crippen LogP contribution is 2.32. The number of methoxy groups -OCH3 is 1. The average Bonchev–Trinajstić information content (AvgIpc) is 2.27. The topological polar surface area (TPSA) is 38.2 Å². The molecule has 2 heterocycles. The SMILES string of the molecule is COc1ncc(CN2CC(F)(CC(C)C)C2)cn1. The first-order chi connectivity index (χ1) is 8.50. The third-order valence-corrected chi connectivity index (χ3v) is 3.06. The van der Waals surface area contributed by atoms with Gasteiger partial charge in [-0.05, 0) is 12.3 Å². The highest BCUT2D eigenvalue weighted by molar-refractivity contribution is 5.09. The second kappa shape index (κ2) is 5.18. The van der Waals surface area contributed by atoms with Crippen molar-refractivity contribution < 1.29 is 9.13 Å². The Morgan fingerprint density at radius 1 is 1.39 bits per heavy atom. The Balaban J connectivity index is 1.82. The number of hydrogen-bond donors (Lipinski definition) is 0. The van der Waals surface area contributed by atoms with Crippen LogP contribution in [0.1, 0.15) is 25.8 Å². The van der Waals surface area contributed by atoms with Crippen molar-refractivity contribution in [3.05, 3.63) is 18.0 Å². The maximum Gasteiger partial charge on any atom is 0.316 e. The summed E-state index contributed by atoms with van der Waals surface area (Å²) in [5.74, 6) is 0.404. The van der Waals surface area contributed by atoms with Gasteiger partial charge in [-0.25, -0.2) is 14.4 Å². The molecule has 1 aromatic rings. The molecule has 0 amide bonds. The normalized spacial score (nSPS) is 18.7. The number of halogens is 1. The number of aromatic nitrogens is 2. The largest absolute Gasteiger partial charge is 0.467 e. The van der Waals surface area contributed by atoms with Crippen LogP contribution < -0.4 is 4.74 Å². The van der Waals surface area contributed by atoms with Gasteiger partial charge >= 0.3 is 6.01 Å². The van der Waals surface area contributed by atoms with Crippen LogP contribution in [0.15, 0.2) is 12.4 Å². The van der Waals surface area contributed by atoms with Crippen molar-refractivity contribution in [1.29, 1.82) is 0 Å². The molecule has 5 heteroatoms. The number of nitrogens with zero attached hydrogens (tertiary/aromatic N) is 3.